The van der Waals surface area contributed by atoms with E-state index in [-0.39, 0.29) is 5.97 Å². The van der Waals surface area contributed by atoms with Crippen LogP contribution in [-0.4, -0.2) is 30.1 Å². The molecule has 1 aliphatic rings. The van der Waals surface area contributed by atoms with Crippen molar-refractivity contribution in [2.75, 3.05) is 18.6 Å². The van der Waals surface area contributed by atoms with Gasteiger partial charge in [-0.1, -0.05) is 6.07 Å². The first-order chi connectivity index (χ1) is 7.77. The molecule has 1 N–H and O–H groups in total. The SMILES string of the molecule is COC(=O)C1(NCc2cccs2)CCSC1. The van der Waals surface area contributed by atoms with Gasteiger partial charge in [-0.15, -0.1) is 11.3 Å². The number of esters is 1. The molecule has 0 amide bonds. The highest BCUT2D eigenvalue weighted by atomic mass is 32.2. The summed E-state index contributed by atoms with van der Waals surface area (Å²) in [6, 6.07) is 4.10. The molecule has 1 aromatic rings. The minimum absolute atomic E-state index is 0.131. The van der Waals surface area contributed by atoms with Crippen LogP contribution in [0, 0.1) is 0 Å². The summed E-state index contributed by atoms with van der Waals surface area (Å²) in [5.41, 5.74) is -0.469. The highest BCUT2D eigenvalue weighted by molar-refractivity contribution is 7.99. The Morgan fingerprint density at radius 1 is 1.69 bits per heavy atom. The van der Waals surface area contributed by atoms with Gasteiger partial charge in [0.15, 0.2) is 0 Å². The third-order valence-corrected chi connectivity index (χ3v) is 4.84. The van der Waals surface area contributed by atoms with Gasteiger partial charge in [0.25, 0.3) is 0 Å². The maximum Gasteiger partial charge on any atom is 0.326 e. The van der Waals surface area contributed by atoms with Gasteiger partial charge >= 0.3 is 5.97 Å². The summed E-state index contributed by atoms with van der Waals surface area (Å²) in [6.07, 6.45) is 0.857. The van der Waals surface area contributed by atoms with Crippen molar-refractivity contribution in [2.24, 2.45) is 0 Å². The molecule has 0 radical (unpaired) electrons. The highest BCUT2D eigenvalue weighted by Crippen LogP contribution is 2.29. The molecule has 0 spiro atoms. The minimum Gasteiger partial charge on any atom is -0.468 e. The van der Waals surface area contributed by atoms with Crippen LogP contribution < -0.4 is 5.32 Å². The van der Waals surface area contributed by atoms with E-state index in [0.717, 1.165) is 24.5 Å². The number of rotatable bonds is 4. The third kappa shape index (κ3) is 2.42. The number of hydrogen-bond acceptors (Lipinski definition) is 5. The molecular formula is C11H15NO2S2. The number of nitrogens with one attached hydrogen (secondary N) is 1. The number of methoxy groups -OCH3 is 1. The van der Waals surface area contributed by atoms with E-state index < -0.39 is 5.54 Å². The first kappa shape index (κ1) is 12.0. The fourth-order valence-corrected chi connectivity index (χ4v) is 3.80. The maximum atomic E-state index is 11.8. The Labute approximate surface area is 104 Å². The standard InChI is InChI=1S/C11H15NO2S2/c1-14-10(13)11(4-6-15-8-11)12-7-9-3-2-5-16-9/h2-3,5,12H,4,6-8H2,1H3. The monoisotopic (exact) mass is 257 g/mol. The lowest BCUT2D eigenvalue weighted by Crippen LogP contribution is -2.52. The lowest BCUT2D eigenvalue weighted by atomic mass is 9.99. The minimum atomic E-state index is -0.469. The average molecular weight is 257 g/mol. The topological polar surface area (TPSA) is 38.3 Å². The number of hydrogen-bond donors (Lipinski definition) is 1. The first-order valence-electron chi connectivity index (χ1n) is 5.20. The van der Waals surface area contributed by atoms with Crippen LogP contribution in [0.3, 0.4) is 0 Å². The van der Waals surface area contributed by atoms with Crippen molar-refractivity contribution in [3.05, 3.63) is 22.4 Å². The second-order valence-electron chi connectivity index (χ2n) is 3.81. The smallest absolute Gasteiger partial charge is 0.326 e. The van der Waals surface area contributed by atoms with Gasteiger partial charge in [0.1, 0.15) is 5.54 Å². The van der Waals surface area contributed by atoms with Crippen LogP contribution in [0.4, 0.5) is 0 Å². The Kier molecular flexibility index (Phi) is 3.89. The van der Waals surface area contributed by atoms with E-state index in [4.69, 9.17) is 4.74 Å². The predicted molar refractivity (Wildman–Crippen MR) is 67.8 cm³/mol. The Morgan fingerprint density at radius 3 is 3.12 bits per heavy atom. The molecule has 1 atom stereocenters. The largest absolute Gasteiger partial charge is 0.468 e. The molecule has 0 aliphatic carbocycles. The lowest BCUT2D eigenvalue weighted by Gasteiger charge is -2.26. The second-order valence-corrected chi connectivity index (χ2v) is 5.95. The molecule has 0 saturated carbocycles. The van der Waals surface area contributed by atoms with Gasteiger partial charge in [0, 0.05) is 17.2 Å². The van der Waals surface area contributed by atoms with E-state index in [1.54, 1.807) is 23.1 Å². The molecule has 1 saturated heterocycles. The normalized spacial score (nSPS) is 24.6. The number of carbonyl (C=O) groups is 1. The fraction of sp³-hybridized carbons (Fsp3) is 0.545. The van der Waals surface area contributed by atoms with E-state index in [2.05, 4.69) is 11.4 Å². The van der Waals surface area contributed by atoms with Crippen molar-refractivity contribution in [2.45, 2.75) is 18.5 Å². The van der Waals surface area contributed by atoms with Gasteiger partial charge in [-0.25, -0.2) is 0 Å². The number of carbonyl (C=O) groups excluding carboxylic acids is 1. The highest BCUT2D eigenvalue weighted by Gasteiger charge is 2.42. The van der Waals surface area contributed by atoms with Crippen LogP contribution in [0.2, 0.25) is 0 Å². The van der Waals surface area contributed by atoms with Crippen LogP contribution in [-0.2, 0) is 16.1 Å². The summed E-state index contributed by atoms with van der Waals surface area (Å²) in [6.45, 7) is 0.743. The summed E-state index contributed by atoms with van der Waals surface area (Å²) < 4.78 is 4.90. The van der Waals surface area contributed by atoms with Gasteiger partial charge in [-0.3, -0.25) is 10.1 Å². The van der Waals surface area contributed by atoms with Gasteiger partial charge < -0.3 is 4.74 Å². The quantitative estimate of drug-likeness (QED) is 0.836. The van der Waals surface area contributed by atoms with Crippen molar-refractivity contribution in [3.8, 4) is 0 Å². The van der Waals surface area contributed by atoms with Gasteiger partial charge in [-0.2, -0.15) is 11.8 Å². The summed E-state index contributed by atoms with van der Waals surface area (Å²) in [4.78, 5) is 13.1. The van der Waals surface area contributed by atoms with E-state index >= 15 is 0 Å². The van der Waals surface area contributed by atoms with E-state index in [1.165, 1.54) is 12.0 Å². The van der Waals surface area contributed by atoms with Crippen LogP contribution in [0.25, 0.3) is 0 Å². The van der Waals surface area contributed by atoms with E-state index in [9.17, 15) is 4.79 Å². The maximum absolute atomic E-state index is 11.8. The summed E-state index contributed by atoms with van der Waals surface area (Å²) in [7, 11) is 1.46. The van der Waals surface area contributed by atoms with Crippen LogP contribution >= 0.6 is 23.1 Å². The lowest BCUT2D eigenvalue weighted by molar-refractivity contribution is -0.147. The Morgan fingerprint density at radius 2 is 2.56 bits per heavy atom. The van der Waals surface area contributed by atoms with Crippen LogP contribution in [0.15, 0.2) is 17.5 Å². The van der Waals surface area contributed by atoms with Crippen molar-refractivity contribution in [1.82, 2.24) is 5.32 Å². The molecule has 2 rings (SSSR count). The Balaban J connectivity index is 2.00. The third-order valence-electron chi connectivity index (χ3n) is 2.78. The molecule has 1 unspecified atom stereocenters. The number of thioether (sulfide) groups is 1. The van der Waals surface area contributed by atoms with Gasteiger partial charge in [0.05, 0.1) is 7.11 Å². The van der Waals surface area contributed by atoms with Crippen molar-refractivity contribution in [3.63, 3.8) is 0 Å². The molecule has 2 heterocycles. The zero-order valence-electron chi connectivity index (χ0n) is 9.19. The average Bonchev–Trinajstić information content (AvgIpc) is 2.97. The molecule has 88 valence electrons. The molecule has 0 aromatic carbocycles. The Bertz CT molecular complexity index is 345. The first-order valence-corrected chi connectivity index (χ1v) is 7.24. The molecule has 1 aromatic heterocycles. The van der Waals surface area contributed by atoms with Crippen molar-refractivity contribution in [1.29, 1.82) is 0 Å². The molecule has 0 bridgehead atoms. The molecule has 3 nitrogen and oxygen atoms in total. The summed E-state index contributed by atoms with van der Waals surface area (Å²) in [5, 5.41) is 5.41. The molecular weight excluding hydrogens is 242 g/mol. The fourth-order valence-electron chi connectivity index (χ4n) is 1.80. The second kappa shape index (κ2) is 5.21. The zero-order chi connectivity index (χ0) is 11.4. The summed E-state index contributed by atoms with van der Waals surface area (Å²) >= 11 is 3.50. The van der Waals surface area contributed by atoms with E-state index in [1.807, 2.05) is 11.4 Å². The van der Waals surface area contributed by atoms with Crippen molar-refractivity contribution < 1.29 is 9.53 Å². The van der Waals surface area contributed by atoms with Crippen LogP contribution in [0.1, 0.15) is 11.3 Å². The Hall–Kier alpha value is -0.520. The van der Waals surface area contributed by atoms with E-state index in [0.29, 0.717) is 0 Å². The summed E-state index contributed by atoms with van der Waals surface area (Å²) in [5.74, 6) is 1.70. The number of thiophene rings is 1. The molecule has 16 heavy (non-hydrogen) atoms. The molecule has 1 aliphatic heterocycles. The molecule has 1 fully saturated rings. The van der Waals surface area contributed by atoms with Gasteiger partial charge in [-0.05, 0) is 23.6 Å². The predicted octanol–water partition coefficient (Wildman–Crippen LogP) is 1.89. The van der Waals surface area contributed by atoms with Gasteiger partial charge in [0.2, 0.25) is 0 Å². The van der Waals surface area contributed by atoms with Crippen LogP contribution in [0.5, 0.6) is 0 Å². The molecule has 5 heteroatoms. The van der Waals surface area contributed by atoms with Crippen molar-refractivity contribution >= 4 is 29.1 Å². The number of ether oxygens (including phenoxy) is 1. The zero-order valence-corrected chi connectivity index (χ0v) is 10.8.